The molecule has 0 heterocycles. The van der Waals surface area contributed by atoms with Gasteiger partial charge in [-0.05, 0) is 34.9 Å². The lowest BCUT2D eigenvalue weighted by Crippen LogP contribution is -2.38. The summed E-state index contributed by atoms with van der Waals surface area (Å²) in [4.78, 5) is 26.8. The maximum absolute atomic E-state index is 12.6. The van der Waals surface area contributed by atoms with Crippen LogP contribution in [0.15, 0.2) is 72.8 Å². The van der Waals surface area contributed by atoms with Gasteiger partial charge in [0.15, 0.2) is 0 Å². The number of rotatable bonds is 9. The summed E-state index contributed by atoms with van der Waals surface area (Å²) in [6.07, 6.45) is 1.05. The summed E-state index contributed by atoms with van der Waals surface area (Å²) in [6.45, 7) is 1.86. The van der Waals surface area contributed by atoms with Crippen LogP contribution >= 0.6 is 12.4 Å². The van der Waals surface area contributed by atoms with E-state index in [1.165, 1.54) is 5.56 Å². The molecule has 3 aromatic carbocycles. The number of nitrogens with two attached hydrogens (primary N) is 1. The van der Waals surface area contributed by atoms with Crippen molar-refractivity contribution in [3.63, 3.8) is 0 Å². The molecule has 0 saturated carbocycles. The van der Waals surface area contributed by atoms with Crippen molar-refractivity contribution >= 4 is 35.0 Å². The number of fused-ring (bicyclic) bond motifs is 1. The molecule has 0 aliphatic rings. The molecule has 0 bridgehead atoms. The number of nitrogens with zero attached hydrogens (tertiary/aromatic N) is 1. The number of halogens is 1. The first-order valence-electron chi connectivity index (χ1n) is 9.96. The first kappa shape index (κ1) is 23.4. The second-order valence-electron chi connectivity index (χ2n) is 6.97. The number of benzene rings is 3. The summed E-state index contributed by atoms with van der Waals surface area (Å²) < 4.78 is 0. The minimum Gasteiger partial charge on any atom is -0.352 e. The second kappa shape index (κ2) is 12.0. The van der Waals surface area contributed by atoms with Gasteiger partial charge in [-0.15, -0.1) is 12.4 Å². The highest BCUT2D eigenvalue weighted by molar-refractivity contribution is 5.98. The summed E-state index contributed by atoms with van der Waals surface area (Å²) in [5, 5.41) is 4.96. The van der Waals surface area contributed by atoms with E-state index in [0.717, 1.165) is 17.2 Å². The molecule has 0 aromatic heterocycles. The SMILES string of the molecule is Cl.NCCN(CCc1ccccc1)C(=O)CCNC(=O)c1ccc2ccccc2c1. The summed E-state index contributed by atoms with van der Waals surface area (Å²) in [6, 6.07) is 23.6. The van der Waals surface area contributed by atoms with Gasteiger partial charge in [0.05, 0.1) is 0 Å². The Hall–Kier alpha value is -2.89. The molecule has 0 spiro atoms. The number of hydrogen-bond donors (Lipinski definition) is 2. The fourth-order valence-electron chi connectivity index (χ4n) is 3.30. The van der Waals surface area contributed by atoms with Gasteiger partial charge in [-0.2, -0.15) is 0 Å². The van der Waals surface area contributed by atoms with Gasteiger partial charge in [-0.3, -0.25) is 9.59 Å². The summed E-state index contributed by atoms with van der Waals surface area (Å²) >= 11 is 0. The molecule has 0 unspecified atom stereocenters. The standard InChI is InChI=1S/C24H27N3O2.ClH/c25-14-17-27(16-13-19-6-2-1-3-7-19)23(28)12-15-26-24(29)22-11-10-20-8-4-5-9-21(20)18-22;/h1-11,18H,12-17,25H2,(H,26,29);1H. The predicted molar refractivity (Wildman–Crippen MR) is 124 cm³/mol. The number of amides is 2. The van der Waals surface area contributed by atoms with Crippen LogP contribution in [0.4, 0.5) is 0 Å². The first-order valence-corrected chi connectivity index (χ1v) is 9.96. The van der Waals surface area contributed by atoms with Gasteiger partial charge in [-0.25, -0.2) is 0 Å². The Balaban J connectivity index is 0.00000320. The molecule has 0 saturated heterocycles. The van der Waals surface area contributed by atoms with Crippen LogP contribution in [-0.2, 0) is 11.2 Å². The lowest BCUT2D eigenvalue weighted by molar-refractivity contribution is -0.130. The third-order valence-corrected chi connectivity index (χ3v) is 4.90. The van der Waals surface area contributed by atoms with E-state index >= 15 is 0 Å². The van der Waals surface area contributed by atoms with E-state index in [1.54, 1.807) is 11.0 Å². The number of hydrogen-bond acceptors (Lipinski definition) is 3. The van der Waals surface area contributed by atoms with Gasteiger partial charge >= 0.3 is 0 Å². The fraction of sp³-hybridized carbons (Fsp3) is 0.250. The maximum Gasteiger partial charge on any atom is 0.251 e. The molecule has 3 N–H and O–H groups in total. The molecule has 5 nitrogen and oxygen atoms in total. The van der Waals surface area contributed by atoms with Crippen LogP contribution in [0.1, 0.15) is 22.3 Å². The van der Waals surface area contributed by atoms with Crippen molar-refractivity contribution in [2.24, 2.45) is 5.73 Å². The molecule has 0 atom stereocenters. The fourth-order valence-corrected chi connectivity index (χ4v) is 3.30. The van der Waals surface area contributed by atoms with E-state index in [-0.39, 0.29) is 30.6 Å². The highest BCUT2D eigenvalue weighted by Crippen LogP contribution is 2.15. The molecule has 3 rings (SSSR count). The Morgan fingerprint density at radius 2 is 1.57 bits per heavy atom. The van der Waals surface area contributed by atoms with Gasteiger partial charge in [0, 0.05) is 38.2 Å². The van der Waals surface area contributed by atoms with Crippen LogP contribution < -0.4 is 11.1 Å². The van der Waals surface area contributed by atoms with Gasteiger partial charge in [0.25, 0.3) is 5.91 Å². The molecule has 0 fully saturated rings. The van der Waals surface area contributed by atoms with E-state index < -0.39 is 0 Å². The zero-order chi connectivity index (χ0) is 20.5. The number of nitrogens with one attached hydrogen (secondary N) is 1. The molecule has 0 radical (unpaired) electrons. The Kier molecular flexibility index (Phi) is 9.32. The minimum absolute atomic E-state index is 0. The van der Waals surface area contributed by atoms with Crippen molar-refractivity contribution in [1.82, 2.24) is 10.2 Å². The smallest absolute Gasteiger partial charge is 0.251 e. The molecule has 158 valence electrons. The quantitative estimate of drug-likeness (QED) is 0.551. The third-order valence-electron chi connectivity index (χ3n) is 4.90. The summed E-state index contributed by atoms with van der Waals surface area (Å²) in [5.41, 5.74) is 7.45. The van der Waals surface area contributed by atoms with Crippen LogP contribution in [-0.4, -0.2) is 42.9 Å². The molecule has 0 aliphatic heterocycles. The molecule has 0 aliphatic carbocycles. The zero-order valence-electron chi connectivity index (χ0n) is 16.9. The van der Waals surface area contributed by atoms with Crippen LogP contribution in [0.2, 0.25) is 0 Å². The highest BCUT2D eigenvalue weighted by Gasteiger charge is 2.13. The van der Waals surface area contributed by atoms with Crippen molar-refractivity contribution in [3.05, 3.63) is 83.9 Å². The Labute approximate surface area is 183 Å². The van der Waals surface area contributed by atoms with Gasteiger partial charge in [0.1, 0.15) is 0 Å². The van der Waals surface area contributed by atoms with Gasteiger partial charge in [-0.1, -0.05) is 60.7 Å². The summed E-state index contributed by atoms with van der Waals surface area (Å²) in [7, 11) is 0. The number of carbonyl (C=O) groups is 2. The van der Waals surface area contributed by atoms with E-state index in [0.29, 0.717) is 31.7 Å². The first-order chi connectivity index (χ1) is 14.2. The van der Waals surface area contributed by atoms with E-state index in [4.69, 9.17) is 5.73 Å². The Morgan fingerprint density at radius 3 is 2.30 bits per heavy atom. The van der Waals surface area contributed by atoms with E-state index in [9.17, 15) is 9.59 Å². The van der Waals surface area contributed by atoms with Crippen LogP contribution in [0.25, 0.3) is 10.8 Å². The van der Waals surface area contributed by atoms with Crippen molar-refractivity contribution in [1.29, 1.82) is 0 Å². The normalized spacial score (nSPS) is 10.3. The topological polar surface area (TPSA) is 75.4 Å². The number of carbonyl (C=O) groups excluding carboxylic acids is 2. The molecular formula is C24H28ClN3O2. The van der Waals surface area contributed by atoms with Gasteiger partial charge < -0.3 is 16.0 Å². The van der Waals surface area contributed by atoms with Crippen LogP contribution in [0.3, 0.4) is 0 Å². The molecular weight excluding hydrogens is 398 g/mol. The molecule has 3 aromatic rings. The average molecular weight is 426 g/mol. The second-order valence-corrected chi connectivity index (χ2v) is 6.97. The van der Waals surface area contributed by atoms with Crippen molar-refractivity contribution < 1.29 is 9.59 Å². The monoisotopic (exact) mass is 425 g/mol. The van der Waals surface area contributed by atoms with E-state index in [2.05, 4.69) is 17.4 Å². The third kappa shape index (κ3) is 6.58. The lowest BCUT2D eigenvalue weighted by atomic mass is 10.1. The molecule has 6 heteroatoms. The van der Waals surface area contributed by atoms with E-state index in [1.807, 2.05) is 54.6 Å². The van der Waals surface area contributed by atoms with Crippen molar-refractivity contribution in [2.75, 3.05) is 26.2 Å². The van der Waals surface area contributed by atoms with Crippen molar-refractivity contribution in [3.8, 4) is 0 Å². The largest absolute Gasteiger partial charge is 0.352 e. The Morgan fingerprint density at radius 1 is 0.867 bits per heavy atom. The Bertz CT molecular complexity index is 963. The van der Waals surface area contributed by atoms with Crippen LogP contribution in [0.5, 0.6) is 0 Å². The van der Waals surface area contributed by atoms with Crippen molar-refractivity contribution in [2.45, 2.75) is 12.8 Å². The summed E-state index contributed by atoms with van der Waals surface area (Å²) in [5.74, 6) is -0.164. The molecule has 2 amide bonds. The van der Waals surface area contributed by atoms with Gasteiger partial charge in [0.2, 0.25) is 5.91 Å². The predicted octanol–water partition coefficient (Wildman–Crippen LogP) is 3.41. The molecule has 30 heavy (non-hydrogen) atoms. The maximum atomic E-state index is 12.6. The lowest BCUT2D eigenvalue weighted by Gasteiger charge is -2.22. The minimum atomic E-state index is -0.168. The highest BCUT2D eigenvalue weighted by atomic mass is 35.5. The average Bonchev–Trinajstić information content (AvgIpc) is 2.76. The van der Waals surface area contributed by atoms with Crippen LogP contribution in [0, 0.1) is 0 Å². The zero-order valence-corrected chi connectivity index (χ0v) is 17.7.